The fraction of sp³-hybridized carbons (Fsp3) is 0.407. The van der Waals surface area contributed by atoms with Gasteiger partial charge in [0.15, 0.2) is 24.5 Å². The second-order valence-electron chi connectivity index (χ2n) is 8.78. The lowest BCUT2D eigenvalue weighted by Gasteiger charge is -2.44. The van der Waals surface area contributed by atoms with Crippen molar-refractivity contribution in [1.29, 1.82) is 0 Å². The summed E-state index contributed by atoms with van der Waals surface area (Å²) in [6.07, 6.45) is -7.45. The van der Waals surface area contributed by atoms with Crippen molar-refractivity contribution in [3.05, 3.63) is 55.8 Å². The fourth-order valence-electron chi connectivity index (χ4n) is 4.63. The molecule has 3 heterocycles. The Hall–Kier alpha value is -2.97. The number of carbonyl (C=O) groups excluding carboxylic acids is 4. The summed E-state index contributed by atoms with van der Waals surface area (Å²) in [4.78, 5) is 49.8. The van der Waals surface area contributed by atoms with Crippen LogP contribution in [-0.2, 0) is 42.9 Å². The molecular formula is C27H27BrClNO10S. The molecule has 0 spiro atoms. The zero-order chi connectivity index (χ0) is 32.8. The first-order chi connectivity index (χ1) is 21.5. The van der Waals surface area contributed by atoms with Crippen LogP contribution in [0.25, 0.3) is 10.9 Å². The molecular weight excluding hydrogens is 646 g/mol. The van der Waals surface area contributed by atoms with E-state index < -0.39 is 94.8 Å². The molecule has 1 aliphatic rings. The van der Waals surface area contributed by atoms with Crippen molar-refractivity contribution in [2.24, 2.45) is 0 Å². The number of nitrogens with zero attached hydrogens (tertiary/aromatic N) is 1. The van der Waals surface area contributed by atoms with Crippen LogP contribution in [0.2, 0.25) is 5.02 Å². The predicted octanol–water partition coefficient (Wildman–Crippen LogP) is 4.46. The van der Waals surface area contributed by atoms with Gasteiger partial charge in [0.25, 0.3) is 0 Å². The molecule has 1 N–H and O–H groups in total. The molecule has 4 rings (SSSR count). The molecule has 6 atom stereocenters. The lowest BCUT2D eigenvalue weighted by molar-refractivity contribution is -0.267. The van der Waals surface area contributed by atoms with E-state index in [1.165, 1.54) is 22.1 Å². The third kappa shape index (κ3) is 6.92. The van der Waals surface area contributed by atoms with E-state index in [1.54, 1.807) is 30.3 Å². The molecule has 0 bridgehead atoms. The Bertz CT molecular complexity index is 1560. The molecule has 1 saturated heterocycles. The van der Waals surface area contributed by atoms with E-state index in [1.807, 2.05) is 0 Å². The molecule has 0 saturated carbocycles. The third-order valence-electron chi connectivity index (χ3n) is 6.09. The molecule has 14 heteroatoms. The van der Waals surface area contributed by atoms with Gasteiger partial charge in [-0.1, -0.05) is 17.7 Å². The monoisotopic (exact) mass is 675 g/mol. The van der Waals surface area contributed by atoms with E-state index in [0.29, 0.717) is 21.3 Å². The van der Waals surface area contributed by atoms with Crippen LogP contribution in [0.5, 0.6) is 0 Å². The largest absolute Gasteiger partial charge is 0.463 e. The van der Waals surface area contributed by atoms with Gasteiger partial charge in [0.05, 0.1) is 14.3 Å². The number of ether oxygens (including phenoxy) is 5. The molecule has 0 amide bonds. The Labute approximate surface area is 257 Å². The van der Waals surface area contributed by atoms with Gasteiger partial charge in [-0.2, -0.15) is 0 Å². The van der Waals surface area contributed by atoms with Gasteiger partial charge in [-0.25, -0.2) is 0 Å². The number of hydrogen-bond acceptors (Lipinski definition) is 11. The minimum absolute atomic E-state index is 0.256. The number of esters is 4. The lowest BCUT2D eigenvalue weighted by atomic mass is 9.97. The minimum Gasteiger partial charge on any atom is -0.463 e. The van der Waals surface area contributed by atoms with E-state index in [9.17, 15) is 24.3 Å². The van der Waals surface area contributed by atoms with Crippen LogP contribution in [0, 0.1) is 0 Å². The maximum Gasteiger partial charge on any atom is 0.303 e. The lowest BCUT2D eigenvalue weighted by Crippen LogP contribution is -2.60. The number of thiophene rings is 1. The first-order valence-corrected chi connectivity index (χ1v) is 13.8. The van der Waals surface area contributed by atoms with E-state index >= 15 is 0 Å². The van der Waals surface area contributed by atoms with Gasteiger partial charge in [0, 0.05) is 55.1 Å². The molecule has 0 radical (unpaired) electrons. The van der Waals surface area contributed by atoms with Crippen LogP contribution in [0.4, 0.5) is 0 Å². The highest BCUT2D eigenvalue weighted by atomic mass is 79.9. The quantitative estimate of drug-likeness (QED) is 0.269. The molecule has 0 aliphatic carbocycles. The number of halogens is 2. The van der Waals surface area contributed by atoms with Gasteiger partial charge >= 0.3 is 23.9 Å². The number of carbonyl (C=O) groups is 4. The molecule has 3 aromatic rings. The maximum atomic E-state index is 12.6. The number of aromatic nitrogens is 1. The summed E-state index contributed by atoms with van der Waals surface area (Å²) in [5, 5.41) is 12.1. The zero-order valence-electron chi connectivity index (χ0n) is 25.2. The summed E-state index contributed by atoms with van der Waals surface area (Å²) < 4.78 is 59.7. The Morgan fingerprint density at radius 2 is 1.68 bits per heavy atom. The molecule has 2 unspecified atom stereocenters. The van der Waals surface area contributed by atoms with Crippen molar-refractivity contribution >= 4 is 73.6 Å². The van der Waals surface area contributed by atoms with E-state index in [4.69, 9.17) is 40.8 Å². The molecule has 41 heavy (non-hydrogen) atoms. The standard InChI is InChI=1S/C27H27BrClNO10S/c1-12(31)36-11-19-24(37-13(2)32)25(38-14(3)33)26(39-15(4)34)27(40-19)30-10-16(22-17(29)6-5-7-18(22)30)23(35)20-8-9-21(28)41-20/h5-10,19,23-27,35H,11H2,1-4H3/t19-,23?,24-,25+,26-,27?/m1/s1/i1D,2D,3D,4D. The number of fused-ring (bicyclic) bond motifs is 1. The topological polar surface area (TPSA) is 140 Å². The summed E-state index contributed by atoms with van der Waals surface area (Å²) in [6.45, 7) is -3.92. The number of benzene rings is 1. The first-order valence-electron chi connectivity index (χ1n) is 14.6. The van der Waals surface area contributed by atoms with Crippen LogP contribution in [0.15, 0.2) is 40.3 Å². The van der Waals surface area contributed by atoms with Crippen molar-refractivity contribution in [2.75, 3.05) is 6.61 Å². The molecule has 1 aliphatic heterocycles. The number of aliphatic hydroxyl groups excluding tert-OH is 1. The van der Waals surface area contributed by atoms with E-state index in [0.717, 1.165) is 3.79 Å². The van der Waals surface area contributed by atoms with Crippen molar-refractivity contribution in [2.45, 2.75) is 64.3 Å². The third-order valence-corrected chi connectivity index (χ3v) is 8.08. The Balaban J connectivity index is 1.92. The van der Waals surface area contributed by atoms with Gasteiger partial charge in [0.1, 0.15) is 18.8 Å². The summed E-state index contributed by atoms with van der Waals surface area (Å²) in [6, 6.07) is 8.34. The van der Waals surface area contributed by atoms with Crippen LogP contribution in [0.1, 0.15) is 55.9 Å². The predicted molar refractivity (Wildman–Crippen MR) is 150 cm³/mol. The van der Waals surface area contributed by atoms with Crippen molar-refractivity contribution < 1.29 is 53.5 Å². The second-order valence-corrected chi connectivity index (χ2v) is 11.7. The Kier molecular flexibility index (Phi) is 8.10. The van der Waals surface area contributed by atoms with Gasteiger partial charge in [-0.15, -0.1) is 11.3 Å². The van der Waals surface area contributed by atoms with Crippen molar-refractivity contribution in [3.63, 3.8) is 0 Å². The van der Waals surface area contributed by atoms with E-state index in [2.05, 4.69) is 15.9 Å². The highest BCUT2D eigenvalue weighted by molar-refractivity contribution is 9.11. The SMILES string of the molecule is [2H]CC(=O)OC[C@H]1OC(n2cc(C(O)c3ccc(Br)s3)c3c(Cl)cccc32)[C@H](OC(=O)C[2H])[C@@H](OC(=O)C[2H])[C@@H]1OC(=O)C[2H]. The van der Waals surface area contributed by atoms with Crippen LogP contribution in [-0.4, -0.2) is 64.6 Å². The average molecular weight is 677 g/mol. The van der Waals surface area contributed by atoms with Crippen LogP contribution >= 0.6 is 38.9 Å². The normalized spacial score (nSPS) is 24.3. The fourth-order valence-corrected chi connectivity index (χ4v) is 6.34. The maximum absolute atomic E-state index is 12.6. The second kappa shape index (κ2) is 12.9. The summed E-state index contributed by atoms with van der Waals surface area (Å²) >= 11 is 11.3. The average Bonchev–Trinajstić information content (AvgIpc) is 3.65. The highest BCUT2D eigenvalue weighted by Gasteiger charge is 2.53. The Morgan fingerprint density at radius 1 is 1.02 bits per heavy atom. The van der Waals surface area contributed by atoms with Gasteiger partial charge in [0.2, 0.25) is 0 Å². The van der Waals surface area contributed by atoms with Crippen molar-refractivity contribution in [1.82, 2.24) is 4.57 Å². The van der Waals surface area contributed by atoms with Crippen LogP contribution in [0.3, 0.4) is 0 Å². The number of aliphatic hydroxyl groups is 1. The van der Waals surface area contributed by atoms with Gasteiger partial charge < -0.3 is 33.4 Å². The minimum atomic E-state index is -1.68. The summed E-state index contributed by atoms with van der Waals surface area (Å²) in [5.74, 6) is -4.19. The van der Waals surface area contributed by atoms with Crippen LogP contribution < -0.4 is 0 Å². The molecule has 2 aromatic heterocycles. The smallest absolute Gasteiger partial charge is 0.303 e. The summed E-state index contributed by atoms with van der Waals surface area (Å²) in [5.41, 5.74) is 0.705. The number of hydrogen-bond donors (Lipinski definition) is 1. The molecule has 1 fully saturated rings. The van der Waals surface area contributed by atoms with Gasteiger partial charge in [-0.3, -0.25) is 19.2 Å². The molecule has 11 nitrogen and oxygen atoms in total. The molecule has 1 aromatic carbocycles. The molecule has 220 valence electrons. The first kappa shape index (κ1) is 25.7. The van der Waals surface area contributed by atoms with Gasteiger partial charge in [-0.05, 0) is 40.2 Å². The summed E-state index contributed by atoms with van der Waals surface area (Å²) in [7, 11) is 0. The van der Waals surface area contributed by atoms with Crippen molar-refractivity contribution in [3.8, 4) is 0 Å². The number of rotatable bonds is 8. The zero-order valence-corrected chi connectivity index (χ0v) is 24.4. The Morgan fingerprint density at radius 3 is 2.32 bits per heavy atom. The van der Waals surface area contributed by atoms with E-state index in [-0.39, 0.29) is 5.02 Å². The highest BCUT2D eigenvalue weighted by Crippen LogP contribution is 2.42.